The summed E-state index contributed by atoms with van der Waals surface area (Å²) in [4.78, 5) is 11.9. The molecule has 2 N–H and O–H groups in total. The van der Waals surface area contributed by atoms with E-state index < -0.39 is 10.0 Å². The third-order valence-corrected chi connectivity index (χ3v) is 5.32. The van der Waals surface area contributed by atoms with Crippen LogP contribution in [0.1, 0.15) is 20.3 Å². The number of benzene rings is 2. The Kier molecular flexibility index (Phi) is 8.94. The quantitative estimate of drug-likeness (QED) is 0.496. The number of nitrogens with one attached hydrogen (secondary N) is 2. The minimum atomic E-state index is -3.76. The van der Waals surface area contributed by atoms with E-state index in [0.29, 0.717) is 30.3 Å². The van der Waals surface area contributed by atoms with Gasteiger partial charge in [0.05, 0.1) is 23.8 Å². The van der Waals surface area contributed by atoms with Crippen LogP contribution in [-0.4, -0.2) is 47.3 Å². The maximum atomic E-state index is 12.5. The van der Waals surface area contributed by atoms with Crippen molar-refractivity contribution in [3.63, 3.8) is 0 Å². The molecule has 1 amide bonds. The number of ether oxygens (including phenoxy) is 3. The molecule has 0 heterocycles. The zero-order valence-electron chi connectivity index (χ0n) is 17.4. The number of methoxy groups -OCH3 is 1. The lowest BCUT2D eigenvalue weighted by molar-refractivity contribution is -0.123. The standard InChI is InChI=1S/C21H28N2O6S/c1-16(2)28-13-5-12-22-21(24)15-29-18-8-10-20(11-9-18)30(25,26)23-17-6-4-7-19(14-17)27-3/h4,6-11,14,16,23H,5,12-13,15H2,1-3H3,(H,22,24). The number of hydrogen-bond donors (Lipinski definition) is 2. The number of rotatable bonds is 12. The zero-order valence-corrected chi connectivity index (χ0v) is 18.2. The summed E-state index contributed by atoms with van der Waals surface area (Å²) in [6.07, 6.45) is 0.887. The van der Waals surface area contributed by atoms with E-state index in [0.717, 1.165) is 6.42 Å². The van der Waals surface area contributed by atoms with Crippen LogP contribution in [-0.2, 0) is 19.6 Å². The summed E-state index contributed by atoms with van der Waals surface area (Å²) in [5.41, 5.74) is 0.394. The van der Waals surface area contributed by atoms with Crippen LogP contribution in [0.15, 0.2) is 53.4 Å². The summed E-state index contributed by atoms with van der Waals surface area (Å²) in [6.45, 7) is 4.84. The molecule has 2 aromatic rings. The molecule has 0 spiro atoms. The monoisotopic (exact) mass is 436 g/mol. The largest absolute Gasteiger partial charge is 0.497 e. The Hall–Kier alpha value is -2.78. The van der Waals surface area contributed by atoms with E-state index >= 15 is 0 Å². The maximum Gasteiger partial charge on any atom is 0.261 e. The molecule has 0 aromatic heterocycles. The highest BCUT2D eigenvalue weighted by Crippen LogP contribution is 2.22. The molecule has 0 aliphatic rings. The van der Waals surface area contributed by atoms with Gasteiger partial charge in [0.2, 0.25) is 0 Å². The molecule has 2 aromatic carbocycles. The topological polar surface area (TPSA) is 103 Å². The van der Waals surface area contributed by atoms with Crippen LogP contribution in [0, 0.1) is 0 Å². The molecular weight excluding hydrogens is 408 g/mol. The zero-order chi connectivity index (χ0) is 22.0. The molecule has 0 aliphatic heterocycles. The summed E-state index contributed by atoms with van der Waals surface area (Å²) in [6, 6.07) is 12.5. The van der Waals surface area contributed by atoms with Gasteiger partial charge in [-0.05, 0) is 56.7 Å². The lowest BCUT2D eigenvalue weighted by Gasteiger charge is -2.11. The Bertz CT molecular complexity index is 913. The molecule has 8 nitrogen and oxygen atoms in total. The normalized spacial score (nSPS) is 11.2. The predicted molar refractivity (Wildman–Crippen MR) is 114 cm³/mol. The second-order valence-electron chi connectivity index (χ2n) is 6.72. The highest BCUT2D eigenvalue weighted by atomic mass is 32.2. The predicted octanol–water partition coefficient (Wildman–Crippen LogP) is 2.81. The molecule has 0 unspecified atom stereocenters. The van der Waals surface area contributed by atoms with E-state index in [2.05, 4.69) is 10.0 Å². The van der Waals surface area contributed by atoms with Gasteiger partial charge in [-0.2, -0.15) is 0 Å². The fraction of sp³-hybridized carbons (Fsp3) is 0.381. The first-order valence-electron chi connectivity index (χ1n) is 9.58. The lowest BCUT2D eigenvalue weighted by Crippen LogP contribution is -2.30. The Morgan fingerprint density at radius 2 is 1.80 bits per heavy atom. The smallest absolute Gasteiger partial charge is 0.261 e. The van der Waals surface area contributed by atoms with Crippen LogP contribution in [0.3, 0.4) is 0 Å². The van der Waals surface area contributed by atoms with Gasteiger partial charge >= 0.3 is 0 Å². The number of amides is 1. The second-order valence-corrected chi connectivity index (χ2v) is 8.40. The highest BCUT2D eigenvalue weighted by Gasteiger charge is 2.15. The fourth-order valence-corrected chi connectivity index (χ4v) is 3.48. The van der Waals surface area contributed by atoms with Gasteiger partial charge in [0.25, 0.3) is 15.9 Å². The average molecular weight is 437 g/mol. The Balaban J connectivity index is 1.83. The van der Waals surface area contributed by atoms with Crippen molar-refractivity contribution in [1.29, 1.82) is 0 Å². The average Bonchev–Trinajstić information content (AvgIpc) is 2.72. The van der Waals surface area contributed by atoms with E-state index in [1.54, 1.807) is 24.3 Å². The van der Waals surface area contributed by atoms with Crippen molar-refractivity contribution in [2.24, 2.45) is 0 Å². The summed E-state index contributed by atoms with van der Waals surface area (Å²) in [7, 11) is -2.25. The van der Waals surface area contributed by atoms with Gasteiger partial charge in [0, 0.05) is 19.2 Å². The van der Waals surface area contributed by atoms with E-state index in [-0.39, 0.29) is 23.5 Å². The molecule has 2 rings (SSSR count). The number of sulfonamides is 1. The lowest BCUT2D eigenvalue weighted by atomic mass is 10.3. The summed E-state index contributed by atoms with van der Waals surface area (Å²) >= 11 is 0. The van der Waals surface area contributed by atoms with Gasteiger partial charge in [0.15, 0.2) is 6.61 Å². The molecule has 0 atom stereocenters. The molecule has 0 aliphatic carbocycles. The van der Waals surface area contributed by atoms with Gasteiger partial charge in [-0.1, -0.05) is 6.07 Å². The Labute approximate surface area is 177 Å². The first-order valence-corrected chi connectivity index (χ1v) is 11.1. The van der Waals surface area contributed by atoms with Crippen molar-refractivity contribution < 1.29 is 27.4 Å². The van der Waals surface area contributed by atoms with Gasteiger partial charge in [-0.15, -0.1) is 0 Å². The fourth-order valence-electron chi connectivity index (χ4n) is 2.43. The molecule has 30 heavy (non-hydrogen) atoms. The van der Waals surface area contributed by atoms with Crippen molar-refractivity contribution in [3.05, 3.63) is 48.5 Å². The van der Waals surface area contributed by atoms with E-state index in [1.807, 2.05) is 13.8 Å². The Morgan fingerprint density at radius 3 is 2.47 bits per heavy atom. The number of hydrogen-bond acceptors (Lipinski definition) is 6. The van der Waals surface area contributed by atoms with E-state index in [4.69, 9.17) is 14.2 Å². The first-order chi connectivity index (χ1) is 14.3. The van der Waals surface area contributed by atoms with E-state index in [9.17, 15) is 13.2 Å². The molecule has 0 saturated carbocycles. The molecule has 0 radical (unpaired) electrons. The second kappa shape index (κ2) is 11.4. The van der Waals surface area contributed by atoms with Crippen LogP contribution in [0.25, 0.3) is 0 Å². The highest BCUT2D eigenvalue weighted by molar-refractivity contribution is 7.92. The van der Waals surface area contributed by atoms with Gasteiger partial charge in [-0.3, -0.25) is 9.52 Å². The van der Waals surface area contributed by atoms with Crippen LogP contribution in [0.5, 0.6) is 11.5 Å². The summed E-state index contributed by atoms with van der Waals surface area (Å²) in [5.74, 6) is 0.689. The van der Waals surface area contributed by atoms with Crippen molar-refractivity contribution in [2.45, 2.75) is 31.3 Å². The molecule has 0 fully saturated rings. The summed E-state index contributed by atoms with van der Waals surface area (Å²) < 4.78 is 43.4. The SMILES string of the molecule is COc1cccc(NS(=O)(=O)c2ccc(OCC(=O)NCCCOC(C)C)cc2)c1. The number of carbonyl (C=O) groups is 1. The molecule has 0 bridgehead atoms. The molecular formula is C21H28N2O6S. The molecule has 0 saturated heterocycles. The van der Waals surface area contributed by atoms with Crippen molar-refractivity contribution in [1.82, 2.24) is 5.32 Å². The minimum Gasteiger partial charge on any atom is -0.497 e. The summed E-state index contributed by atoms with van der Waals surface area (Å²) in [5, 5.41) is 2.74. The van der Waals surface area contributed by atoms with Crippen molar-refractivity contribution in [3.8, 4) is 11.5 Å². The van der Waals surface area contributed by atoms with Gasteiger partial charge < -0.3 is 19.5 Å². The van der Waals surface area contributed by atoms with Crippen molar-refractivity contribution >= 4 is 21.6 Å². The first kappa shape index (κ1) is 23.5. The van der Waals surface area contributed by atoms with E-state index in [1.165, 1.54) is 31.4 Å². The minimum absolute atomic E-state index is 0.0762. The number of anilines is 1. The van der Waals surface area contributed by atoms with Crippen LogP contribution in [0.2, 0.25) is 0 Å². The van der Waals surface area contributed by atoms with Crippen LogP contribution >= 0.6 is 0 Å². The third kappa shape index (κ3) is 7.92. The van der Waals surface area contributed by atoms with Gasteiger partial charge in [-0.25, -0.2) is 8.42 Å². The van der Waals surface area contributed by atoms with Crippen LogP contribution < -0.4 is 19.5 Å². The van der Waals surface area contributed by atoms with Gasteiger partial charge in [0.1, 0.15) is 11.5 Å². The van der Waals surface area contributed by atoms with Crippen molar-refractivity contribution in [2.75, 3.05) is 31.6 Å². The maximum absolute atomic E-state index is 12.5. The molecule has 9 heteroatoms. The number of carbonyl (C=O) groups excluding carboxylic acids is 1. The molecule has 164 valence electrons. The third-order valence-electron chi connectivity index (χ3n) is 3.92. The Morgan fingerprint density at radius 1 is 1.07 bits per heavy atom. The van der Waals surface area contributed by atoms with Crippen LogP contribution in [0.4, 0.5) is 5.69 Å².